The number of pyridine rings is 2. The van der Waals surface area contributed by atoms with Gasteiger partial charge in [0.15, 0.2) is 0 Å². The van der Waals surface area contributed by atoms with Crippen molar-refractivity contribution < 1.29 is 31.8 Å². The molecule has 0 saturated carbocycles. The normalized spacial score (nSPS) is 14.9. The Kier molecular flexibility index (Phi) is 6.26. The van der Waals surface area contributed by atoms with Crippen molar-refractivity contribution in [2.75, 3.05) is 32.3 Å². The third kappa shape index (κ3) is 4.45. The average Bonchev–Trinajstić information content (AvgIpc) is 2.79. The molecular weight excluding hydrogens is 454 g/mol. The largest absolute Gasteiger partial charge is 0.481 e. The fraction of sp³-hybridized carbons (Fsp3) is 0.292. The smallest absolute Gasteiger partial charge is 0.433 e. The van der Waals surface area contributed by atoms with E-state index >= 15 is 0 Å². The maximum absolute atomic E-state index is 13.9. The van der Waals surface area contributed by atoms with Crippen LogP contribution in [0.1, 0.15) is 27.2 Å². The van der Waals surface area contributed by atoms with Gasteiger partial charge in [0.1, 0.15) is 12.4 Å². The Morgan fingerprint density at radius 2 is 1.94 bits per heavy atom. The topological polar surface area (TPSA) is 73.3 Å². The summed E-state index contributed by atoms with van der Waals surface area (Å²) in [7, 11) is 1.46. The lowest BCUT2D eigenvalue weighted by molar-refractivity contribution is -0.141. The third-order valence-electron chi connectivity index (χ3n) is 5.75. The van der Waals surface area contributed by atoms with Crippen molar-refractivity contribution in [3.63, 3.8) is 0 Å². The summed E-state index contributed by atoms with van der Waals surface area (Å²) in [5, 5.41) is 2.62. The van der Waals surface area contributed by atoms with Gasteiger partial charge in [0.05, 0.1) is 25.7 Å². The van der Waals surface area contributed by atoms with Gasteiger partial charge in [-0.3, -0.25) is 9.78 Å². The Labute approximate surface area is 192 Å². The van der Waals surface area contributed by atoms with E-state index in [1.807, 2.05) is 6.92 Å². The van der Waals surface area contributed by atoms with Gasteiger partial charge in [-0.15, -0.1) is 0 Å². The van der Waals surface area contributed by atoms with E-state index in [1.54, 1.807) is 30.5 Å². The number of nitrogens with zero attached hydrogens (tertiary/aromatic N) is 2. The monoisotopic (exact) mass is 475 g/mol. The summed E-state index contributed by atoms with van der Waals surface area (Å²) >= 11 is 0. The van der Waals surface area contributed by atoms with E-state index in [9.17, 15) is 22.4 Å². The molecule has 1 saturated heterocycles. The van der Waals surface area contributed by atoms with Crippen LogP contribution in [0.5, 0.6) is 5.88 Å². The summed E-state index contributed by atoms with van der Waals surface area (Å²) in [5.41, 5.74) is 1.06. The van der Waals surface area contributed by atoms with Crippen LogP contribution < -0.4 is 10.1 Å². The van der Waals surface area contributed by atoms with E-state index in [2.05, 4.69) is 15.3 Å². The first kappa shape index (κ1) is 23.6. The fourth-order valence-corrected chi connectivity index (χ4v) is 3.74. The van der Waals surface area contributed by atoms with E-state index in [1.165, 1.54) is 13.2 Å². The highest BCUT2D eigenvalue weighted by Crippen LogP contribution is 2.40. The van der Waals surface area contributed by atoms with Gasteiger partial charge in [-0.2, -0.15) is 13.2 Å². The predicted octanol–water partition coefficient (Wildman–Crippen LogP) is 4.97. The van der Waals surface area contributed by atoms with E-state index in [0.29, 0.717) is 34.3 Å². The lowest BCUT2D eigenvalue weighted by Crippen LogP contribution is -2.49. The van der Waals surface area contributed by atoms with Gasteiger partial charge in [0, 0.05) is 34.8 Å². The molecule has 0 aliphatic carbocycles. The second kappa shape index (κ2) is 9.02. The lowest BCUT2D eigenvalue weighted by atomic mass is 9.79. The first-order valence-electron chi connectivity index (χ1n) is 10.3. The van der Waals surface area contributed by atoms with Crippen molar-refractivity contribution in [2.24, 2.45) is 0 Å². The molecule has 4 rings (SSSR count). The van der Waals surface area contributed by atoms with E-state index in [0.717, 1.165) is 11.8 Å². The number of aromatic nitrogens is 2. The number of ether oxygens (including phenoxy) is 2. The van der Waals surface area contributed by atoms with Gasteiger partial charge in [0.2, 0.25) is 5.88 Å². The number of carbonyl (C=O) groups is 1. The minimum Gasteiger partial charge on any atom is -0.481 e. The number of rotatable bonds is 6. The molecule has 178 valence electrons. The van der Waals surface area contributed by atoms with Crippen LogP contribution >= 0.6 is 0 Å². The molecule has 0 unspecified atom stereocenters. The van der Waals surface area contributed by atoms with E-state index in [4.69, 9.17) is 9.47 Å². The second-order valence-electron chi connectivity index (χ2n) is 8.10. The zero-order valence-corrected chi connectivity index (χ0v) is 18.4. The maximum Gasteiger partial charge on any atom is 0.433 e. The quantitative estimate of drug-likeness (QED) is 0.510. The number of hydrogen-bond donors (Lipinski definition) is 1. The van der Waals surface area contributed by atoms with Crippen molar-refractivity contribution >= 4 is 11.6 Å². The van der Waals surface area contributed by atoms with Crippen LogP contribution in [0, 0.1) is 6.92 Å². The number of methoxy groups -OCH3 is 1. The Morgan fingerprint density at radius 1 is 1.18 bits per heavy atom. The summed E-state index contributed by atoms with van der Waals surface area (Å²) in [6.45, 7) is 1.66. The van der Waals surface area contributed by atoms with Gasteiger partial charge in [-0.1, -0.05) is 6.07 Å². The molecule has 0 atom stereocenters. The van der Waals surface area contributed by atoms with Crippen molar-refractivity contribution in [1.82, 2.24) is 9.97 Å². The van der Waals surface area contributed by atoms with Crippen LogP contribution in [0.15, 0.2) is 48.8 Å². The van der Waals surface area contributed by atoms with Crippen molar-refractivity contribution in [3.8, 4) is 17.0 Å². The van der Waals surface area contributed by atoms with Crippen molar-refractivity contribution in [2.45, 2.75) is 18.5 Å². The van der Waals surface area contributed by atoms with Gasteiger partial charge in [-0.25, -0.2) is 9.37 Å². The van der Waals surface area contributed by atoms with Crippen LogP contribution in [-0.2, 0) is 16.3 Å². The second-order valence-corrected chi connectivity index (χ2v) is 8.10. The van der Waals surface area contributed by atoms with E-state index < -0.39 is 29.9 Å². The lowest BCUT2D eigenvalue weighted by Gasteiger charge is -2.39. The number of nitrogens with one attached hydrogen (secondary N) is 1. The Balaban J connectivity index is 1.65. The van der Waals surface area contributed by atoms with Crippen LogP contribution in [0.25, 0.3) is 11.1 Å². The molecule has 2 aromatic heterocycles. The molecule has 1 aliphatic heterocycles. The number of aryl methyl sites for hydroxylation is 1. The first-order chi connectivity index (χ1) is 16.2. The summed E-state index contributed by atoms with van der Waals surface area (Å²) in [6.07, 6.45) is -2.14. The van der Waals surface area contributed by atoms with Crippen molar-refractivity contribution in [3.05, 3.63) is 71.2 Å². The van der Waals surface area contributed by atoms with Gasteiger partial charge >= 0.3 is 6.18 Å². The van der Waals surface area contributed by atoms with Gasteiger partial charge in [-0.05, 0) is 48.4 Å². The highest BCUT2D eigenvalue weighted by atomic mass is 19.4. The van der Waals surface area contributed by atoms with Crippen LogP contribution in [0.3, 0.4) is 0 Å². The molecule has 1 fully saturated rings. The summed E-state index contributed by atoms with van der Waals surface area (Å²) in [4.78, 5) is 20.2. The predicted molar refractivity (Wildman–Crippen MR) is 117 cm³/mol. The number of carbonyl (C=O) groups excluding carboxylic acids is 1. The summed E-state index contributed by atoms with van der Waals surface area (Å²) in [5.74, 6) is -0.399. The molecule has 3 heterocycles. The zero-order valence-electron chi connectivity index (χ0n) is 18.4. The maximum atomic E-state index is 13.9. The number of alkyl halides is 4. The Hall–Kier alpha value is -3.53. The molecule has 1 N–H and O–H groups in total. The molecule has 6 nitrogen and oxygen atoms in total. The number of anilines is 1. The fourth-order valence-electron chi connectivity index (χ4n) is 3.74. The van der Waals surface area contributed by atoms with Crippen molar-refractivity contribution in [1.29, 1.82) is 0 Å². The molecule has 1 aliphatic rings. The molecule has 0 spiro atoms. The average molecular weight is 475 g/mol. The highest BCUT2D eigenvalue weighted by Gasteiger charge is 2.43. The van der Waals surface area contributed by atoms with Gasteiger partial charge in [0.25, 0.3) is 5.91 Å². The standard InChI is InChI=1S/C24H21F4N3O3/c1-14-3-4-17(31-21(32)15-5-6-29-20(8-15)24(26,27)28)9-18(14)16-7-19(22(33-2)30-10-16)23(11-25)12-34-13-23/h3-10H,11-13H2,1-2H3,(H,31,32). The molecular formula is C24H21F4N3O3. The minimum absolute atomic E-state index is 0.173. The molecule has 0 bridgehead atoms. The Bertz CT molecular complexity index is 1220. The Morgan fingerprint density at radius 3 is 2.56 bits per heavy atom. The first-order valence-corrected chi connectivity index (χ1v) is 10.3. The number of benzene rings is 1. The summed E-state index contributed by atoms with van der Waals surface area (Å²) in [6, 6.07) is 8.78. The van der Waals surface area contributed by atoms with Gasteiger partial charge < -0.3 is 14.8 Å². The molecule has 1 amide bonds. The summed E-state index contributed by atoms with van der Waals surface area (Å²) < 4.78 is 63.3. The van der Waals surface area contributed by atoms with Crippen LogP contribution in [0.2, 0.25) is 0 Å². The SMILES string of the molecule is COc1ncc(-c2cc(NC(=O)c3ccnc(C(F)(F)F)c3)ccc2C)cc1C1(CF)COC1. The number of hydrogen-bond acceptors (Lipinski definition) is 5. The van der Waals surface area contributed by atoms with E-state index in [-0.39, 0.29) is 18.8 Å². The minimum atomic E-state index is -4.66. The molecule has 3 aromatic rings. The molecule has 1 aromatic carbocycles. The molecule has 10 heteroatoms. The molecule has 0 radical (unpaired) electrons. The third-order valence-corrected chi connectivity index (χ3v) is 5.75. The highest BCUT2D eigenvalue weighted by molar-refractivity contribution is 6.04. The zero-order chi connectivity index (χ0) is 24.5. The number of halogens is 4. The molecule has 34 heavy (non-hydrogen) atoms. The number of amides is 1. The van der Waals surface area contributed by atoms with Crippen LogP contribution in [0.4, 0.5) is 23.2 Å². The van der Waals surface area contributed by atoms with Crippen LogP contribution in [-0.4, -0.2) is 42.9 Å².